The highest BCUT2D eigenvalue weighted by Crippen LogP contribution is 2.36. The van der Waals surface area contributed by atoms with Crippen LogP contribution in [0.5, 0.6) is 11.5 Å². The maximum absolute atomic E-state index is 12.6. The third-order valence-electron chi connectivity index (χ3n) is 4.36. The summed E-state index contributed by atoms with van der Waals surface area (Å²) in [7, 11) is 3.07. The third kappa shape index (κ3) is 5.39. The van der Waals surface area contributed by atoms with E-state index in [9.17, 15) is 9.59 Å². The molecule has 0 radical (unpaired) electrons. The van der Waals surface area contributed by atoms with Gasteiger partial charge in [-0.15, -0.1) is 0 Å². The van der Waals surface area contributed by atoms with Gasteiger partial charge in [-0.2, -0.15) is 0 Å². The molecule has 0 spiro atoms. The number of rotatable bonds is 10. The van der Waals surface area contributed by atoms with E-state index in [1.165, 1.54) is 7.11 Å². The van der Waals surface area contributed by atoms with Crippen LogP contribution in [0.4, 0.5) is 4.79 Å². The van der Waals surface area contributed by atoms with Crippen molar-refractivity contribution >= 4 is 12.0 Å². The van der Waals surface area contributed by atoms with Gasteiger partial charge in [0.25, 0.3) is 0 Å². The molecule has 1 fully saturated rings. The van der Waals surface area contributed by atoms with E-state index < -0.39 is 24.0 Å². The second-order valence-electron chi connectivity index (χ2n) is 6.35. The first kappa shape index (κ1) is 21.6. The topological polar surface area (TPSA) is 95.1 Å². The molecule has 2 N–H and O–H groups in total. The average molecular weight is 392 g/mol. The summed E-state index contributed by atoms with van der Waals surface area (Å²) in [6, 6.07) is 4.24. The number of hydrogen-bond acceptors (Lipinski definition) is 6. The van der Waals surface area contributed by atoms with Gasteiger partial charge < -0.3 is 29.6 Å². The van der Waals surface area contributed by atoms with Crippen LogP contribution in [-0.4, -0.2) is 46.0 Å². The molecule has 1 saturated heterocycles. The van der Waals surface area contributed by atoms with Crippen LogP contribution < -0.4 is 20.1 Å². The van der Waals surface area contributed by atoms with Crippen LogP contribution in [0, 0.1) is 5.92 Å². The van der Waals surface area contributed by atoms with Gasteiger partial charge in [-0.05, 0) is 24.1 Å². The van der Waals surface area contributed by atoms with Gasteiger partial charge in [-0.3, -0.25) is 4.79 Å². The molecule has 28 heavy (non-hydrogen) atoms. The summed E-state index contributed by atoms with van der Waals surface area (Å²) in [5.41, 5.74) is 0.961. The number of hydrogen-bond donors (Lipinski definition) is 2. The molecule has 1 aromatic rings. The summed E-state index contributed by atoms with van der Waals surface area (Å²) < 4.78 is 21.3. The third-order valence-corrected chi connectivity index (χ3v) is 4.36. The molecule has 1 aliphatic rings. The Morgan fingerprint density at radius 1 is 1.18 bits per heavy atom. The minimum Gasteiger partial charge on any atom is -0.493 e. The second kappa shape index (κ2) is 10.6. The Hall–Kier alpha value is -2.74. The molecule has 0 saturated carbocycles. The number of nitrogens with one attached hydrogen (secondary N) is 2. The normalized spacial score (nSPS) is 18.8. The largest absolute Gasteiger partial charge is 0.493 e. The van der Waals surface area contributed by atoms with Crippen molar-refractivity contribution < 1.29 is 28.5 Å². The predicted molar refractivity (Wildman–Crippen MR) is 103 cm³/mol. The maximum atomic E-state index is 12.6. The number of carbonyl (C=O) groups is 2. The van der Waals surface area contributed by atoms with Crippen LogP contribution in [0.3, 0.4) is 0 Å². The van der Waals surface area contributed by atoms with Crippen LogP contribution in [0.25, 0.3) is 0 Å². The van der Waals surface area contributed by atoms with Gasteiger partial charge in [-0.25, -0.2) is 4.79 Å². The zero-order chi connectivity index (χ0) is 20.5. The van der Waals surface area contributed by atoms with E-state index in [1.807, 2.05) is 0 Å². The number of carbonyl (C=O) groups excluding carboxylic acids is 2. The van der Waals surface area contributed by atoms with Gasteiger partial charge in [0.2, 0.25) is 0 Å². The zero-order valence-corrected chi connectivity index (χ0v) is 16.6. The number of unbranched alkanes of at least 4 members (excludes halogenated alkanes) is 1. The Labute approximate surface area is 165 Å². The van der Waals surface area contributed by atoms with E-state index in [1.54, 1.807) is 25.3 Å². The summed E-state index contributed by atoms with van der Waals surface area (Å²) in [6.45, 7) is 6.89. The molecule has 0 unspecified atom stereocenters. The molecule has 154 valence electrons. The molecule has 0 aliphatic carbocycles. The van der Waals surface area contributed by atoms with E-state index in [0.717, 1.165) is 12.8 Å². The van der Waals surface area contributed by atoms with Crippen LogP contribution in [0.1, 0.15) is 31.4 Å². The average Bonchev–Trinajstić information content (AvgIpc) is 2.67. The maximum Gasteiger partial charge on any atom is 0.319 e. The van der Waals surface area contributed by atoms with Gasteiger partial charge in [-0.1, -0.05) is 26.0 Å². The van der Waals surface area contributed by atoms with Crippen LogP contribution in [0.15, 0.2) is 30.5 Å². The smallest absolute Gasteiger partial charge is 0.319 e. The molecule has 0 bridgehead atoms. The lowest BCUT2D eigenvalue weighted by Gasteiger charge is -2.33. The Kier molecular flexibility index (Phi) is 8.13. The van der Waals surface area contributed by atoms with E-state index >= 15 is 0 Å². The Bertz CT molecular complexity index is 706. The highest BCUT2D eigenvalue weighted by molar-refractivity contribution is 5.85. The lowest BCUT2D eigenvalue weighted by molar-refractivity contribution is -0.149. The summed E-state index contributed by atoms with van der Waals surface area (Å²) in [5, 5.41) is 5.31. The van der Waals surface area contributed by atoms with Crippen molar-refractivity contribution in [2.45, 2.75) is 25.8 Å². The number of ether oxygens (including phenoxy) is 4. The molecule has 8 heteroatoms. The van der Waals surface area contributed by atoms with E-state index in [-0.39, 0.29) is 18.9 Å². The first-order valence-corrected chi connectivity index (χ1v) is 9.24. The fourth-order valence-corrected chi connectivity index (χ4v) is 2.88. The molecule has 2 rings (SSSR count). The first-order chi connectivity index (χ1) is 13.5. The number of benzene rings is 1. The quantitative estimate of drug-likeness (QED) is 0.469. The number of methoxy groups -OCH3 is 2. The highest BCUT2D eigenvalue weighted by Gasteiger charge is 2.39. The molecule has 1 aromatic carbocycles. The number of urea groups is 1. The Morgan fingerprint density at radius 2 is 1.96 bits per heavy atom. The van der Waals surface area contributed by atoms with Gasteiger partial charge in [0.05, 0.1) is 26.4 Å². The van der Waals surface area contributed by atoms with Gasteiger partial charge in [0, 0.05) is 12.8 Å². The van der Waals surface area contributed by atoms with Gasteiger partial charge in [0.1, 0.15) is 12.5 Å². The standard InChI is InChI=1S/C20H28N2O6/c1-5-6-9-27-15-8-7-14(12-16(15)26-4)18-17(13(2)21-20(24)22-18)19(23)28-11-10-25-3/h7-8,12,17-18H,2,5-6,9-11H2,1,3-4H3,(H2,21,22,24)/t17-,18-/m0/s1. The Balaban J connectivity index is 2.25. The summed E-state index contributed by atoms with van der Waals surface area (Å²) in [5.74, 6) is -0.149. The van der Waals surface area contributed by atoms with Crippen LogP contribution >= 0.6 is 0 Å². The lowest BCUT2D eigenvalue weighted by Crippen LogP contribution is -2.51. The van der Waals surface area contributed by atoms with Crippen molar-refractivity contribution in [1.29, 1.82) is 0 Å². The van der Waals surface area contributed by atoms with Crippen molar-refractivity contribution in [3.63, 3.8) is 0 Å². The van der Waals surface area contributed by atoms with E-state index in [0.29, 0.717) is 23.7 Å². The summed E-state index contributed by atoms with van der Waals surface area (Å²) >= 11 is 0. The molecular formula is C20H28N2O6. The molecule has 0 aromatic heterocycles. The number of esters is 1. The molecule has 1 aliphatic heterocycles. The van der Waals surface area contributed by atoms with Gasteiger partial charge >= 0.3 is 12.0 Å². The lowest BCUT2D eigenvalue weighted by atomic mass is 9.89. The summed E-state index contributed by atoms with van der Waals surface area (Å²) in [4.78, 5) is 24.6. The van der Waals surface area contributed by atoms with E-state index in [2.05, 4.69) is 24.1 Å². The van der Waals surface area contributed by atoms with Crippen molar-refractivity contribution in [3.8, 4) is 11.5 Å². The van der Waals surface area contributed by atoms with Crippen molar-refractivity contribution in [2.24, 2.45) is 5.92 Å². The zero-order valence-electron chi connectivity index (χ0n) is 16.6. The molecule has 8 nitrogen and oxygen atoms in total. The Morgan fingerprint density at radius 3 is 2.64 bits per heavy atom. The van der Waals surface area contributed by atoms with Crippen LogP contribution in [0.2, 0.25) is 0 Å². The number of amides is 2. The van der Waals surface area contributed by atoms with Crippen molar-refractivity contribution in [3.05, 3.63) is 36.0 Å². The monoisotopic (exact) mass is 392 g/mol. The highest BCUT2D eigenvalue weighted by atomic mass is 16.6. The summed E-state index contributed by atoms with van der Waals surface area (Å²) in [6.07, 6.45) is 1.96. The van der Waals surface area contributed by atoms with Crippen LogP contribution in [-0.2, 0) is 14.3 Å². The minimum absolute atomic E-state index is 0.118. The fraction of sp³-hybridized carbons (Fsp3) is 0.500. The first-order valence-electron chi connectivity index (χ1n) is 9.24. The predicted octanol–water partition coefficient (Wildman–Crippen LogP) is 2.55. The minimum atomic E-state index is -0.786. The fourth-order valence-electron chi connectivity index (χ4n) is 2.88. The van der Waals surface area contributed by atoms with Crippen molar-refractivity contribution in [1.82, 2.24) is 10.6 Å². The molecular weight excluding hydrogens is 364 g/mol. The molecule has 1 heterocycles. The molecule has 2 amide bonds. The SMILES string of the molecule is C=C1NC(=O)N[C@@H](c2ccc(OCCCC)c(OC)c2)[C@H]1C(=O)OCCOC. The van der Waals surface area contributed by atoms with Gasteiger partial charge in [0.15, 0.2) is 11.5 Å². The van der Waals surface area contributed by atoms with E-state index in [4.69, 9.17) is 18.9 Å². The van der Waals surface area contributed by atoms with Crippen molar-refractivity contribution in [2.75, 3.05) is 34.0 Å². The second-order valence-corrected chi connectivity index (χ2v) is 6.35. The molecule has 2 atom stereocenters.